The molecule has 3 nitrogen and oxygen atoms in total. The number of hydrogen-bond acceptors (Lipinski definition) is 3. The molecule has 1 unspecified atom stereocenters. The highest BCUT2D eigenvalue weighted by Crippen LogP contribution is 2.42. The van der Waals surface area contributed by atoms with Gasteiger partial charge in [-0.1, -0.05) is 42.1 Å². The summed E-state index contributed by atoms with van der Waals surface area (Å²) in [6, 6.07) is 13.2. The summed E-state index contributed by atoms with van der Waals surface area (Å²) in [4.78, 5) is 4.52. The van der Waals surface area contributed by atoms with Gasteiger partial charge in [0.25, 0.3) is 0 Å². The Labute approximate surface area is 117 Å². The van der Waals surface area contributed by atoms with E-state index in [0.29, 0.717) is 6.04 Å². The van der Waals surface area contributed by atoms with Crippen LogP contribution in [0.2, 0.25) is 0 Å². The number of hydrogen-bond donors (Lipinski definition) is 0. The second-order valence-electron chi connectivity index (χ2n) is 4.78. The first-order valence-corrected chi connectivity index (χ1v) is 7.36. The third-order valence-electron chi connectivity index (χ3n) is 3.21. The molecule has 0 amide bonds. The van der Waals surface area contributed by atoms with Crippen LogP contribution in [0.3, 0.4) is 0 Å². The van der Waals surface area contributed by atoms with Crippen molar-refractivity contribution in [2.45, 2.75) is 36.2 Å². The molecule has 19 heavy (non-hydrogen) atoms. The van der Waals surface area contributed by atoms with E-state index in [2.05, 4.69) is 27.8 Å². The molecule has 1 aliphatic rings. The summed E-state index contributed by atoms with van der Waals surface area (Å²) in [5, 5.41) is 9.86. The number of benzene rings is 1. The highest BCUT2D eigenvalue weighted by atomic mass is 32.2. The SMILES string of the molecule is CC(C#N)Sc1ncc(-c2ccccc2)n1C1CC1. The molecule has 1 aliphatic carbocycles. The van der Waals surface area contributed by atoms with E-state index in [-0.39, 0.29) is 5.25 Å². The van der Waals surface area contributed by atoms with Gasteiger partial charge in [0.2, 0.25) is 0 Å². The molecular formula is C15H15N3S. The molecule has 1 atom stereocenters. The van der Waals surface area contributed by atoms with Crippen molar-refractivity contribution in [3.8, 4) is 17.3 Å². The fourth-order valence-electron chi connectivity index (χ4n) is 2.12. The zero-order valence-electron chi connectivity index (χ0n) is 10.8. The monoisotopic (exact) mass is 269 g/mol. The maximum atomic E-state index is 8.96. The van der Waals surface area contributed by atoms with Gasteiger partial charge in [-0.25, -0.2) is 4.98 Å². The minimum atomic E-state index is -0.0662. The van der Waals surface area contributed by atoms with Crippen molar-refractivity contribution >= 4 is 11.8 Å². The van der Waals surface area contributed by atoms with E-state index in [9.17, 15) is 0 Å². The van der Waals surface area contributed by atoms with E-state index in [0.717, 1.165) is 10.9 Å². The lowest BCUT2D eigenvalue weighted by molar-refractivity contribution is 0.669. The molecule has 0 bridgehead atoms. The largest absolute Gasteiger partial charge is 0.316 e. The number of rotatable bonds is 4. The van der Waals surface area contributed by atoms with Gasteiger partial charge in [0.1, 0.15) is 0 Å². The molecule has 1 fully saturated rings. The van der Waals surface area contributed by atoms with Crippen LogP contribution in [0.25, 0.3) is 11.3 Å². The van der Waals surface area contributed by atoms with Gasteiger partial charge in [-0.05, 0) is 25.3 Å². The minimum absolute atomic E-state index is 0.0662. The van der Waals surface area contributed by atoms with Crippen LogP contribution in [0.1, 0.15) is 25.8 Å². The molecule has 4 heteroatoms. The van der Waals surface area contributed by atoms with Crippen LogP contribution < -0.4 is 0 Å². The summed E-state index contributed by atoms with van der Waals surface area (Å²) in [5.41, 5.74) is 2.36. The number of nitriles is 1. The van der Waals surface area contributed by atoms with Gasteiger partial charge in [-0.15, -0.1) is 0 Å². The van der Waals surface area contributed by atoms with Crippen molar-refractivity contribution in [1.29, 1.82) is 5.26 Å². The van der Waals surface area contributed by atoms with Crippen molar-refractivity contribution in [2.24, 2.45) is 0 Å². The summed E-state index contributed by atoms with van der Waals surface area (Å²) in [7, 11) is 0. The lowest BCUT2D eigenvalue weighted by Crippen LogP contribution is -2.01. The van der Waals surface area contributed by atoms with Crippen molar-refractivity contribution in [2.75, 3.05) is 0 Å². The molecule has 0 spiro atoms. The van der Waals surface area contributed by atoms with Crippen molar-refractivity contribution in [3.05, 3.63) is 36.5 Å². The van der Waals surface area contributed by atoms with E-state index in [1.807, 2.05) is 31.3 Å². The molecular weight excluding hydrogens is 254 g/mol. The first-order valence-electron chi connectivity index (χ1n) is 6.48. The second kappa shape index (κ2) is 5.10. The number of imidazole rings is 1. The molecule has 3 rings (SSSR count). The summed E-state index contributed by atoms with van der Waals surface area (Å²) in [6.45, 7) is 1.92. The van der Waals surface area contributed by atoms with Crippen LogP contribution in [0.5, 0.6) is 0 Å². The molecule has 96 valence electrons. The lowest BCUT2D eigenvalue weighted by atomic mass is 10.2. The Morgan fingerprint density at radius 3 is 2.74 bits per heavy atom. The molecule has 0 radical (unpaired) electrons. The molecule has 0 aliphatic heterocycles. The minimum Gasteiger partial charge on any atom is -0.316 e. The molecule has 0 saturated heterocycles. The Bertz CT molecular complexity index is 608. The maximum absolute atomic E-state index is 8.96. The normalized spacial score (nSPS) is 16.0. The fraction of sp³-hybridized carbons (Fsp3) is 0.333. The van der Waals surface area contributed by atoms with Gasteiger partial charge >= 0.3 is 0 Å². The van der Waals surface area contributed by atoms with Gasteiger partial charge < -0.3 is 4.57 Å². The predicted octanol–water partition coefficient (Wildman–Crippen LogP) is 3.89. The molecule has 1 aromatic heterocycles. The predicted molar refractivity (Wildman–Crippen MR) is 76.9 cm³/mol. The number of nitrogens with zero attached hydrogens (tertiary/aromatic N) is 3. The van der Waals surface area contributed by atoms with Gasteiger partial charge in [0.15, 0.2) is 5.16 Å². The van der Waals surface area contributed by atoms with Crippen LogP contribution in [-0.4, -0.2) is 14.8 Å². The third-order valence-corrected chi connectivity index (χ3v) is 4.18. The van der Waals surface area contributed by atoms with E-state index in [1.54, 1.807) is 11.8 Å². The summed E-state index contributed by atoms with van der Waals surface area (Å²) < 4.78 is 2.30. The highest BCUT2D eigenvalue weighted by Gasteiger charge is 2.29. The van der Waals surface area contributed by atoms with Crippen molar-refractivity contribution in [3.63, 3.8) is 0 Å². The first-order chi connectivity index (χ1) is 9.29. The topological polar surface area (TPSA) is 41.6 Å². The second-order valence-corrected chi connectivity index (χ2v) is 6.09. The highest BCUT2D eigenvalue weighted by molar-refractivity contribution is 8.00. The Hall–Kier alpha value is -1.73. The zero-order chi connectivity index (χ0) is 13.2. The fourth-order valence-corrected chi connectivity index (χ4v) is 2.97. The molecule has 1 heterocycles. The number of thioether (sulfide) groups is 1. The van der Waals surface area contributed by atoms with E-state index in [1.165, 1.54) is 18.4 Å². The number of aromatic nitrogens is 2. The van der Waals surface area contributed by atoms with E-state index >= 15 is 0 Å². The molecule has 2 aromatic rings. The quantitative estimate of drug-likeness (QED) is 0.791. The summed E-state index contributed by atoms with van der Waals surface area (Å²) in [5.74, 6) is 0. The Morgan fingerprint density at radius 1 is 1.37 bits per heavy atom. The van der Waals surface area contributed by atoms with Gasteiger partial charge in [0, 0.05) is 6.04 Å². The van der Waals surface area contributed by atoms with Gasteiger partial charge in [-0.3, -0.25) is 0 Å². The average molecular weight is 269 g/mol. The van der Waals surface area contributed by atoms with Crippen LogP contribution in [0.15, 0.2) is 41.7 Å². The third kappa shape index (κ3) is 2.52. The first kappa shape index (κ1) is 12.3. The van der Waals surface area contributed by atoms with Gasteiger partial charge in [0.05, 0.1) is 23.2 Å². The van der Waals surface area contributed by atoms with Crippen LogP contribution in [0.4, 0.5) is 0 Å². The van der Waals surface area contributed by atoms with Crippen molar-refractivity contribution < 1.29 is 0 Å². The average Bonchev–Trinajstić information content (AvgIpc) is 3.21. The van der Waals surface area contributed by atoms with E-state index < -0.39 is 0 Å². The zero-order valence-corrected chi connectivity index (χ0v) is 11.6. The Morgan fingerprint density at radius 2 is 2.11 bits per heavy atom. The molecule has 1 aromatic carbocycles. The van der Waals surface area contributed by atoms with Crippen LogP contribution in [0, 0.1) is 11.3 Å². The van der Waals surface area contributed by atoms with Crippen molar-refractivity contribution in [1.82, 2.24) is 9.55 Å². The standard InChI is InChI=1S/C15H15N3S/c1-11(9-16)19-15-17-10-14(18(15)13-7-8-13)12-5-3-2-4-6-12/h2-6,10-11,13H,7-8H2,1H3. The maximum Gasteiger partial charge on any atom is 0.169 e. The van der Waals surface area contributed by atoms with E-state index in [4.69, 9.17) is 5.26 Å². The van der Waals surface area contributed by atoms with Crippen LogP contribution in [-0.2, 0) is 0 Å². The Kier molecular flexibility index (Phi) is 3.31. The summed E-state index contributed by atoms with van der Waals surface area (Å²) >= 11 is 1.54. The van der Waals surface area contributed by atoms with Gasteiger partial charge in [-0.2, -0.15) is 5.26 Å². The molecule has 1 saturated carbocycles. The van der Waals surface area contributed by atoms with Crippen LogP contribution >= 0.6 is 11.8 Å². The smallest absolute Gasteiger partial charge is 0.169 e. The Balaban J connectivity index is 2.00. The summed E-state index contributed by atoms with van der Waals surface area (Å²) in [6.07, 6.45) is 4.36. The lowest BCUT2D eigenvalue weighted by Gasteiger charge is -2.11. The molecule has 0 N–H and O–H groups in total.